The number of nitrogens with one attached hydrogen (secondary N) is 1. The van der Waals surface area contributed by atoms with Gasteiger partial charge in [-0.05, 0) is 37.1 Å². The fraction of sp³-hybridized carbons (Fsp3) is 0.263. The number of nitrogen functional groups attached to an aromatic ring is 1. The van der Waals surface area contributed by atoms with E-state index in [0.717, 1.165) is 35.6 Å². The van der Waals surface area contributed by atoms with Gasteiger partial charge in [0.25, 0.3) is 0 Å². The fourth-order valence-corrected chi connectivity index (χ4v) is 4.32. The first-order valence-electron chi connectivity index (χ1n) is 8.61. The maximum Gasteiger partial charge on any atom is 0.416 e. The highest BCUT2D eigenvalue weighted by atomic mass is 32.1. The van der Waals surface area contributed by atoms with Crippen molar-refractivity contribution in [2.45, 2.75) is 31.7 Å². The quantitative estimate of drug-likeness (QED) is 0.556. The van der Waals surface area contributed by atoms with Gasteiger partial charge >= 0.3 is 6.18 Å². The standard InChI is InChI=1S/C19H16F3N3O2S/c20-19(21,22)9-3-1-4-10(7-9)24-17(27)16-15(23)12-8-11-13(25-18(12)28-16)5-2-6-14(11)26/h1,3-4,7-8,17,24,27H,2,5-6,23H2. The number of benzene rings is 1. The van der Waals surface area contributed by atoms with Crippen LogP contribution in [0.25, 0.3) is 10.2 Å². The first kappa shape index (κ1) is 18.7. The van der Waals surface area contributed by atoms with Crippen LogP contribution in [0.2, 0.25) is 0 Å². The molecule has 4 N–H and O–H groups in total. The molecule has 2 heterocycles. The van der Waals surface area contributed by atoms with Gasteiger partial charge in [0.1, 0.15) is 4.83 Å². The number of Topliss-reactive ketones (excluding diaryl/α,β-unsaturated/α-hetero) is 1. The highest BCUT2D eigenvalue weighted by Crippen LogP contribution is 2.39. The molecule has 0 spiro atoms. The van der Waals surface area contributed by atoms with Crippen LogP contribution in [-0.4, -0.2) is 15.9 Å². The van der Waals surface area contributed by atoms with Crippen LogP contribution < -0.4 is 11.1 Å². The minimum Gasteiger partial charge on any atom is -0.397 e. The molecule has 0 amide bonds. The second-order valence-corrected chi connectivity index (χ2v) is 7.65. The molecule has 1 atom stereocenters. The van der Waals surface area contributed by atoms with Gasteiger partial charge in [-0.1, -0.05) is 6.07 Å². The number of aromatic nitrogens is 1. The molecule has 3 aromatic rings. The summed E-state index contributed by atoms with van der Waals surface area (Å²) in [5.74, 6) is 0.0189. The number of rotatable bonds is 3. The van der Waals surface area contributed by atoms with Crippen LogP contribution in [0.5, 0.6) is 0 Å². The van der Waals surface area contributed by atoms with E-state index < -0.39 is 18.0 Å². The van der Waals surface area contributed by atoms with Crippen molar-refractivity contribution in [3.8, 4) is 0 Å². The Balaban J connectivity index is 1.67. The van der Waals surface area contributed by atoms with Gasteiger partial charge in [-0.25, -0.2) is 4.98 Å². The van der Waals surface area contributed by atoms with Crippen LogP contribution in [0.15, 0.2) is 30.3 Å². The third kappa shape index (κ3) is 3.31. The number of aryl methyl sites for hydroxylation is 1. The monoisotopic (exact) mass is 407 g/mol. The number of fused-ring (bicyclic) bond motifs is 2. The van der Waals surface area contributed by atoms with Gasteiger partial charge in [0, 0.05) is 23.1 Å². The van der Waals surface area contributed by atoms with E-state index in [4.69, 9.17) is 5.73 Å². The van der Waals surface area contributed by atoms with Gasteiger partial charge in [0.15, 0.2) is 12.0 Å². The molecule has 5 nitrogen and oxygen atoms in total. The second-order valence-electron chi connectivity index (χ2n) is 6.62. The summed E-state index contributed by atoms with van der Waals surface area (Å²) in [7, 11) is 0. The third-order valence-electron chi connectivity index (χ3n) is 4.69. The minimum atomic E-state index is -4.48. The van der Waals surface area contributed by atoms with E-state index in [2.05, 4.69) is 10.3 Å². The summed E-state index contributed by atoms with van der Waals surface area (Å²) in [6, 6.07) is 6.26. The summed E-state index contributed by atoms with van der Waals surface area (Å²) in [6.45, 7) is 0. The third-order valence-corrected chi connectivity index (χ3v) is 5.86. The van der Waals surface area contributed by atoms with E-state index in [-0.39, 0.29) is 17.2 Å². The van der Waals surface area contributed by atoms with Gasteiger partial charge in [-0.2, -0.15) is 13.2 Å². The zero-order chi connectivity index (χ0) is 20.1. The summed E-state index contributed by atoms with van der Waals surface area (Å²) < 4.78 is 38.6. The molecule has 1 aliphatic carbocycles. The van der Waals surface area contributed by atoms with Crippen molar-refractivity contribution in [3.05, 3.63) is 52.0 Å². The van der Waals surface area contributed by atoms with Crippen LogP contribution in [0.1, 0.15) is 45.6 Å². The molecule has 0 saturated heterocycles. The largest absolute Gasteiger partial charge is 0.416 e. The minimum absolute atomic E-state index is 0.0189. The number of alkyl halides is 3. The smallest absolute Gasteiger partial charge is 0.397 e. The average Bonchev–Trinajstić information content (AvgIpc) is 2.96. The molecule has 0 aliphatic heterocycles. The molecular weight excluding hydrogens is 391 g/mol. The molecule has 0 radical (unpaired) electrons. The first-order chi connectivity index (χ1) is 13.2. The number of aliphatic hydroxyl groups excluding tert-OH is 1. The highest BCUT2D eigenvalue weighted by Gasteiger charge is 2.30. The number of aliphatic hydroxyl groups is 1. The predicted molar refractivity (Wildman–Crippen MR) is 101 cm³/mol. The van der Waals surface area contributed by atoms with Crippen LogP contribution in [0, 0.1) is 0 Å². The summed E-state index contributed by atoms with van der Waals surface area (Å²) in [4.78, 5) is 17.5. The Bertz CT molecular complexity index is 1080. The lowest BCUT2D eigenvalue weighted by atomic mass is 9.94. The van der Waals surface area contributed by atoms with Gasteiger partial charge in [-0.3, -0.25) is 4.79 Å². The number of nitrogens with two attached hydrogens (primary N) is 1. The molecule has 0 saturated carbocycles. The maximum absolute atomic E-state index is 12.9. The van der Waals surface area contributed by atoms with Crippen molar-refractivity contribution in [1.29, 1.82) is 0 Å². The summed E-state index contributed by atoms with van der Waals surface area (Å²) in [5.41, 5.74) is 6.98. The molecular formula is C19H16F3N3O2S. The van der Waals surface area contributed by atoms with E-state index in [1.54, 1.807) is 6.07 Å². The topological polar surface area (TPSA) is 88.2 Å². The zero-order valence-corrected chi connectivity index (χ0v) is 15.3. The molecule has 4 rings (SSSR count). The zero-order valence-electron chi connectivity index (χ0n) is 14.5. The lowest BCUT2D eigenvalue weighted by molar-refractivity contribution is -0.137. The van der Waals surface area contributed by atoms with Crippen molar-refractivity contribution in [3.63, 3.8) is 0 Å². The van der Waals surface area contributed by atoms with Gasteiger partial charge in [0.2, 0.25) is 0 Å². The predicted octanol–water partition coefficient (Wildman–Crippen LogP) is 4.52. The Kier molecular flexibility index (Phi) is 4.51. The van der Waals surface area contributed by atoms with Crippen molar-refractivity contribution in [2.24, 2.45) is 0 Å². The number of ketones is 1. The van der Waals surface area contributed by atoms with Crippen LogP contribution in [0.4, 0.5) is 24.5 Å². The van der Waals surface area contributed by atoms with Crippen LogP contribution in [-0.2, 0) is 12.6 Å². The number of carbonyl (C=O) groups is 1. The SMILES string of the molecule is Nc1c(C(O)Nc2cccc(C(F)(F)F)c2)sc2nc3c(cc12)C(=O)CCC3. The number of hydrogen-bond donors (Lipinski definition) is 3. The van der Waals surface area contributed by atoms with E-state index in [0.29, 0.717) is 33.5 Å². The van der Waals surface area contributed by atoms with Crippen molar-refractivity contribution in [1.82, 2.24) is 4.98 Å². The number of nitrogens with zero attached hydrogens (tertiary/aromatic N) is 1. The van der Waals surface area contributed by atoms with Crippen LogP contribution >= 0.6 is 11.3 Å². The van der Waals surface area contributed by atoms with E-state index in [1.165, 1.54) is 12.1 Å². The maximum atomic E-state index is 12.9. The highest BCUT2D eigenvalue weighted by molar-refractivity contribution is 7.19. The summed E-state index contributed by atoms with van der Waals surface area (Å²) >= 11 is 1.15. The molecule has 1 aliphatic rings. The Morgan fingerprint density at radius 2 is 2.04 bits per heavy atom. The van der Waals surface area contributed by atoms with E-state index in [9.17, 15) is 23.1 Å². The number of hydrogen-bond acceptors (Lipinski definition) is 6. The molecule has 9 heteroatoms. The number of halogens is 3. The number of anilines is 2. The van der Waals surface area contributed by atoms with Crippen molar-refractivity contribution in [2.75, 3.05) is 11.1 Å². The summed E-state index contributed by atoms with van der Waals surface area (Å²) in [6.07, 6.45) is -3.87. The van der Waals surface area contributed by atoms with Gasteiger partial charge in [0.05, 0.1) is 21.8 Å². The van der Waals surface area contributed by atoms with Gasteiger partial charge in [-0.15, -0.1) is 11.3 Å². The number of pyridine rings is 1. The Labute approximate surface area is 162 Å². The number of carbonyl (C=O) groups excluding carboxylic acids is 1. The lowest BCUT2D eigenvalue weighted by Crippen LogP contribution is -2.12. The van der Waals surface area contributed by atoms with Gasteiger partial charge < -0.3 is 16.2 Å². The van der Waals surface area contributed by atoms with Crippen LogP contribution in [0.3, 0.4) is 0 Å². The molecule has 28 heavy (non-hydrogen) atoms. The molecule has 0 fully saturated rings. The van der Waals surface area contributed by atoms with Crippen molar-refractivity contribution < 1.29 is 23.1 Å². The normalized spacial score (nSPS) is 15.5. The van der Waals surface area contributed by atoms with Crippen molar-refractivity contribution >= 4 is 38.7 Å². The molecule has 1 aromatic carbocycles. The molecule has 2 aromatic heterocycles. The first-order valence-corrected chi connectivity index (χ1v) is 9.42. The Morgan fingerprint density at radius 1 is 1.25 bits per heavy atom. The van der Waals surface area contributed by atoms with E-state index >= 15 is 0 Å². The molecule has 1 unspecified atom stereocenters. The Hall–Kier alpha value is -2.65. The average molecular weight is 407 g/mol. The van der Waals surface area contributed by atoms with E-state index in [1.807, 2.05) is 0 Å². The summed E-state index contributed by atoms with van der Waals surface area (Å²) in [5, 5.41) is 13.7. The second kappa shape index (κ2) is 6.75. The molecule has 0 bridgehead atoms. The fourth-order valence-electron chi connectivity index (χ4n) is 3.29. The number of thiophene rings is 1. The molecule has 146 valence electrons. The lowest BCUT2D eigenvalue weighted by Gasteiger charge is -2.15. The Morgan fingerprint density at radius 3 is 2.79 bits per heavy atom.